The molecular weight excluding hydrogens is 238 g/mol. The number of anilines is 1. The number of aromatic nitrogens is 1. The van der Waals surface area contributed by atoms with Gasteiger partial charge in [-0.2, -0.15) is 5.26 Å². The molecule has 1 heterocycles. The van der Waals surface area contributed by atoms with Gasteiger partial charge in [-0.3, -0.25) is 4.98 Å². The van der Waals surface area contributed by atoms with Crippen molar-refractivity contribution in [2.45, 2.75) is 44.8 Å². The molecule has 1 spiro atoms. The number of rotatable bonds is 3. The summed E-state index contributed by atoms with van der Waals surface area (Å²) in [6.07, 6.45) is 6.82. The van der Waals surface area contributed by atoms with Crippen LogP contribution in [-0.2, 0) is 4.74 Å². The maximum atomic E-state index is 9.16. The van der Waals surface area contributed by atoms with Crippen LogP contribution in [0.1, 0.15) is 36.9 Å². The lowest BCUT2D eigenvalue weighted by Crippen LogP contribution is -2.64. The normalized spacial score (nSPS) is 27.2. The minimum absolute atomic E-state index is 0.304. The molecule has 1 N–H and O–H groups in total. The minimum atomic E-state index is 0.304. The molecule has 2 saturated carbocycles. The molecule has 0 saturated heterocycles. The number of nitriles is 1. The second-order valence-electron chi connectivity index (χ2n) is 5.73. The molecule has 2 atom stereocenters. The van der Waals surface area contributed by atoms with Crippen molar-refractivity contribution in [3.05, 3.63) is 23.5 Å². The largest absolute Gasteiger partial charge is 0.381 e. The van der Waals surface area contributed by atoms with Crippen LogP contribution in [-0.4, -0.2) is 24.2 Å². The first kappa shape index (κ1) is 12.4. The molecule has 100 valence electrons. The molecule has 2 aliphatic rings. The average molecular weight is 257 g/mol. The van der Waals surface area contributed by atoms with Gasteiger partial charge in [0.05, 0.1) is 17.4 Å². The standard InChI is InChI=1S/C15H19N3O/c1-10-6-12(11(8-16)9-17-10)18-13-7-14(19-2)15(13)4-3-5-15/h6,9,13-14H,3-5,7H2,1-2H3,(H,17,18). The van der Waals surface area contributed by atoms with Crippen LogP contribution in [0.4, 0.5) is 5.69 Å². The second kappa shape index (κ2) is 4.50. The van der Waals surface area contributed by atoms with Gasteiger partial charge in [0, 0.05) is 30.5 Å². The number of pyridine rings is 1. The molecule has 1 aromatic rings. The zero-order valence-electron chi connectivity index (χ0n) is 11.4. The van der Waals surface area contributed by atoms with Crippen molar-refractivity contribution in [1.29, 1.82) is 5.26 Å². The fourth-order valence-corrected chi connectivity index (χ4v) is 3.49. The second-order valence-corrected chi connectivity index (χ2v) is 5.73. The first-order valence-corrected chi connectivity index (χ1v) is 6.86. The van der Waals surface area contributed by atoms with E-state index in [4.69, 9.17) is 10.00 Å². The van der Waals surface area contributed by atoms with Gasteiger partial charge in [0.25, 0.3) is 0 Å². The van der Waals surface area contributed by atoms with E-state index < -0.39 is 0 Å². The highest BCUT2D eigenvalue weighted by Crippen LogP contribution is 2.58. The van der Waals surface area contributed by atoms with Crippen LogP contribution >= 0.6 is 0 Å². The Morgan fingerprint density at radius 3 is 2.89 bits per heavy atom. The summed E-state index contributed by atoms with van der Waals surface area (Å²) in [5, 5.41) is 12.7. The summed E-state index contributed by atoms with van der Waals surface area (Å²) in [7, 11) is 1.80. The van der Waals surface area contributed by atoms with Gasteiger partial charge < -0.3 is 10.1 Å². The molecule has 0 aromatic carbocycles. The summed E-state index contributed by atoms with van der Waals surface area (Å²) in [6.45, 7) is 1.95. The lowest BCUT2D eigenvalue weighted by Gasteiger charge is -2.61. The first-order valence-electron chi connectivity index (χ1n) is 6.86. The van der Waals surface area contributed by atoms with E-state index in [2.05, 4.69) is 16.4 Å². The lowest BCUT2D eigenvalue weighted by molar-refractivity contribution is -0.145. The molecule has 4 nitrogen and oxygen atoms in total. The Balaban J connectivity index is 1.80. The van der Waals surface area contributed by atoms with Crippen LogP contribution in [0.2, 0.25) is 0 Å². The molecule has 1 aromatic heterocycles. The number of aryl methyl sites for hydroxylation is 1. The molecular formula is C15H19N3O. The Bertz CT molecular complexity index is 531. The molecule has 0 aliphatic heterocycles. The number of hydrogen-bond donors (Lipinski definition) is 1. The van der Waals surface area contributed by atoms with Crippen LogP contribution in [0, 0.1) is 23.7 Å². The number of nitrogens with one attached hydrogen (secondary N) is 1. The van der Waals surface area contributed by atoms with Crippen LogP contribution in [0.5, 0.6) is 0 Å². The Morgan fingerprint density at radius 1 is 1.53 bits per heavy atom. The van der Waals surface area contributed by atoms with Crippen molar-refractivity contribution >= 4 is 5.69 Å². The van der Waals surface area contributed by atoms with Crippen molar-refractivity contribution < 1.29 is 4.74 Å². The molecule has 2 fully saturated rings. The predicted octanol–water partition coefficient (Wildman–Crippen LogP) is 2.63. The van der Waals surface area contributed by atoms with Gasteiger partial charge in [-0.1, -0.05) is 6.42 Å². The summed E-state index contributed by atoms with van der Waals surface area (Å²) >= 11 is 0. The van der Waals surface area contributed by atoms with Crippen molar-refractivity contribution in [3.63, 3.8) is 0 Å². The minimum Gasteiger partial charge on any atom is -0.381 e. The van der Waals surface area contributed by atoms with E-state index >= 15 is 0 Å². The van der Waals surface area contributed by atoms with Gasteiger partial charge in [-0.05, 0) is 32.3 Å². The zero-order chi connectivity index (χ0) is 13.5. The fourth-order valence-electron chi connectivity index (χ4n) is 3.49. The molecule has 3 rings (SSSR count). The van der Waals surface area contributed by atoms with E-state index in [-0.39, 0.29) is 0 Å². The van der Waals surface area contributed by atoms with Crippen LogP contribution in [0.25, 0.3) is 0 Å². The van der Waals surface area contributed by atoms with E-state index in [1.54, 1.807) is 13.3 Å². The average Bonchev–Trinajstić information content (AvgIpc) is 2.32. The molecule has 2 aliphatic carbocycles. The Kier molecular flexibility index (Phi) is 2.94. The molecule has 4 heteroatoms. The van der Waals surface area contributed by atoms with Crippen molar-refractivity contribution in [2.75, 3.05) is 12.4 Å². The molecule has 19 heavy (non-hydrogen) atoms. The van der Waals surface area contributed by atoms with E-state index in [0.717, 1.165) is 17.8 Å². The van der Waals surface area contributed by atoms with Crippen molar-refractivity contribution in [1.82, 2.24) is 4.98 Å². The van der Waals surface area contributed by atoms with E-state index in [9.17, 15) is 0 Å². The lowest BCUT2D eigenvalue weighted by atomic mass is 9.51. The van der Waals surface area contributed by atoms with Crippen molar-refractivity contribution in [2.24, 2.45) is 5.41 Å². The van der Waals surface area contributed by atoms with E-state index in [0.29, 0.717) is 23.1 Å². The van der Waals surface area contributed by atoms with Gasteiger partial charge in [0.2, 0.25) is 0 Å². The third-order valence-electron chi connectivity index (χ3n) is 4.84. The Labute approximate surface area is 113 Å². The fraction of sp³-hybridized carbons (Fsp3) is 0.600. The highest BCUT2D eigenvalue weighted by Gasteiger charge is 2.58. The summed E-state index contributed by atoms with van der Waals surface area (Å²) < 4.78 is 5.57. The monoisotopic (exact) mass is 257 g/mol. The van der Waals surface area contributed by atoms with E-state index in [1.807, 2.05) is 13.0 Å². The first-order chi connectivity index (χ1) is 9.19. The third-order valence-corrected chi connectivity index (χ3v) is 4.84. The third kappa shape index (κ3) is 1.81. The zero-order valence-corrected chi connectivity index (χ0v) is 11.4. The summed E-state index contributed by atoms with van der Waals surface area (Å²) in [5.41, 5.74) is 2.78. The summed E-state index contributed by atoms with van der Waals surface area (Å²) in [5.74, 6) is 0. The summed E-state index contributed by atoms with van der Waals surface area (Å²) in [6, 6.07) is 4.60. The smallest absolute Gasteiger partial charge is 0.103 e. The maximum Gasteiger partial charge on any atom is 0.103 e. The molecule has 0 radical (unpaired) electrons. The highest BCUT2D eigenvalue weighted by molar-refractivity contribution is 5.58. The van der Waals surface area contributed by atoms with Crippen molar-refractivity contribution in [3.8, 4) is 6.07 Å². The van der Waals surface area contributed by atoms with Gasteiger partial charge in [0.1, 0.15) is 6.07 Å². The number of nitrogens with zero attached hydrogens (tertiary/aromatic N) is 2. The van der Waals surface area contributed by atoms with Crippen LogP contribution in [0.3, 0.4) is 0 Å². The van der Waals surface area contributed by atoms with E-state index in [1.165, 1.54) is 19.3 Å². The SMILES string of the molecule is COC1CC(Nc2cc(C)ncc2C#N)C12CCC2. The molecule has 0 bridgehead atoms. The highest BCUT2D eigenvalue weighted by atomic mass is 16.5. The van der Waals surface area contributed by atoms with Crippen LogP contribution in [0.15, 0.2) is 12.3 Å². The Morgan fingerprint density at radius 2 is 2.32 bits per heavy atom. The summed E-state index contributed by atoms with van der Waals surface area (Å²) in [4.78, 5) is 4.18. The number of ether oxygens (including phenoxy) is 1. The maximum absolute atomic E-state index is 9.16. The van der Waals surface area contributed by atoms with Gasteiger partial charge in [-0.25, -0.2) is 0 Å². The quantitative estimate of drug-likeness (QED) is 0.904. The Hall–Kier alpha value is -1.60. The van der Waals surface area contributed by atoms with Gasteiger partial charge in [-0.15, -0.1) is 0 Å². The predicted molar refractivity (Wildman–Crippen MR) is 72.8 cm³/mol. The molecule has 0 amide bonds. The van der Waals surface area contributed by atoms with Gasteiger partial charge >= 0.3 is 0 Å². The molecule has 2 unspecified atom stereocenters. The van der Waals surface area contributed by atoms with Gasteiger partial charge in [0.15, 0.2) is 0 Å². The van der Waals surface area contributed by atoms with Crippen LogP contribution < -0.4 is 5.32 Å². The number of methoxy groups -OCH3 is 1. The number of hydrogen-bond acceptors (Lipinski definition) is 4. The topological polar surface area (TPSA) is 57.9 Å².